The van der Waals surface area contributed by atoms with Gasteiger partial charge in [0.25, 0.3) is 11.8 Å². The highest BCUT2D eigenvalue weighted by atomic mass is 32.1. The molecule has 6 rings (SSSR count). The minimum Gasteiger partial charge on any atom is -0.355 e. The third kappa shape index (κ3) is 3.36. The average molecular weight is 455 g/mol. The Balaban J connectivity index is 1.43. The monoisotopic (exact) mass is 454 g/mol. The summed E-state index contributed by atoms with van der Waals surface area (Å²) >= 11 is 1.54. The molecular weight excluding hydrogens is 432 g/mol. The summed E-state index contributed by atoms with van der Waals surface area (Å²) in [5.74, 6) is 1.40. The zero-order chi connectivity index (χ0) is 22.5. The lowest BCUT2D eigenvalue weighted by atomic mass is 10.0. The van der Waals surface area contributed by atoms with Crippen LogP contribution in [0.2, 0.25) is 0 Å². The molecule has 1 aliphatic carbocycles. The van der Waals surface area contributed by atoms with Crippen LogP contribution in [0.4, 0.5) is 17.2 Å². The quantitative estimate of drug-likeness (QED) is 0.447. The third-order valence-corrected chi connectivity index (χ3v) is 7.52. The molecule has 0 bridgehead atoms. The summed E-state index contributed by atoms with van der Waals surface area (Å²) in [6, 6.07) is 18.0. The van der Waals surface area contributed by atoms with Gasteiger partial charge < -0.3 is 15.5 Å². The van der Waals surface area contributed by atoms with Crippen LogP contribution in [-0.2, 0) is 0 Å². The first-order valence-corrected chi connectivity index (χ1v) is 11.9. The Morgan fingerprint density at radius 2 is 1.91 bits per heavy atom. The second-order valence-electron chi connectivity index (χ2n) is 8.55. The van der Waals surface area contributed by atoms with Gasteiger partial charge in [0.1, 0.15) is 0 Å². The summed E-state index contributed by atoms with van der Waals surface area (Å²) in [5.41, 5.74) is 4.00. The smallest absolute Gasteiger partial charge is 0.257 e. The number of benzene rings is 2. The molecule has 6 nitrogen and oxygen atoms in total. The molecule has 2 amide bonds. The van der Waals surface area contributed by atoms with E-state index in [4.69, 9.17) is 0 Å². The molecule has 2 atom stereocenters. The van der Waals surface area contributed by atoms with E-state index in [0.717, 1.165) is 22.3 Å². The van der Waals surface area contributed by atoms with Crippen LogP contribution < -0.4 is 15.5 Å². The van der Waals surface area contributed by atoms with Crippen molar-refractivity contribution in [2.75, 3.05) is 23.8 Å². The third-order valence-electron chi connectivity index (χ3n) is 6.55. The van der Waals surface area contributed by atoms with Crippen molar-refractivity contribution in [3.05, 3.63) is 82.9 Å². The van der Waals surface area contributed by atoms with Gasteiger partial charge in [-0.3, -0.25) is 9.59 Å². The Morgan fingerprint density at radius 3 is 2.79 bits per heavy atom. The maximum absolute atomic E-state index is 13.3. The van der Waals surface area contributed by atoms with E-state index < -0.39 is 0 Å². The van der Waals surface area contributed by atoms with E-state index in [-0.39, 0.29) is 11.8 Å². The van der Waals surface area contributed by atoms with E-state index in [0.29, 0.717) is 34.5 Å². The van der Waals surface area contributed by atoms with Gasteiger partial charge in [-0.1, -0.05) is 36.4 Å². The molecule has 0 saturated heterocycles. The maximum Gasteiger partial charge on any atom is 0.257 e. The van der Waals surface area contributed by atoms with Crippen LogP contribution in [0.25, 0.3) is 10.1 Å². The molecule has 0 radical (unpaired) electrons. The maximum atomic E-state index is 13.3. The van der Waals surface area contributed by atoms with Crippen LogP contribution in [0.5, 0.6) is 0 Å². The average Bonchev–Trinajstić information content (AvgIpc) is 3.52. The first-order valence-electron chi connectivity index (χ1n) is 11.0. The van der Waals surface area contributed by atoms with Gasteiger partial charge in [0.15, 0.2) is 5.82 Å². The van der Waals surface area contributed by atoms with Gasteiger partial charge in [0, 0.05) is 40.9 Å². The standard InChI is InChI=1S/C26H22N4O2S/c1-27-25(31)15-11-21(29-26(32)20-14-33-23-9-5-3-7-18(20)23)24(28-12-15)30-13-16-10-19(16)17-6-2-4-8-22(17)30/h2-9,11-12,14,16,19H,10,13H2,1H3,(H,27,31)(H,29,32)/t16-,19-/m1/s1. The van der Waals surface area contributed by atoms with Crippen LogP contribution >= 0.6 is 11.3 Å². The predicted octanol–water partition coefficient (Wildman–Crippen LogP) is 5.16. The number of amides is 2. The highest BCUT2D eigenvalue weighted by Gasteiger charge is 2.45. The molecule has 1 aliphatic heterocycles. The molecule has 7 heteroatoms. The van der Waals surface area contributed by atoms with Crippen LogP contribution in [0.1, 0.15) is 38.6 Å². The van der Waals surface area contributed by atoms with Crippen molar-refractivity contribution in [2.45, 2.75) is 12.3 Å². The molecule has 33 heavy (non-hydrogen) atoms. The minimum absolute atomic E-state index is 0.209. The lowest BCUT2D eigenvalue weighted by molar-refractivity contribution is 0.0961. The fraction of sp³-hybridized carbons (Fsp3) is 0.192. The number of hydrogen-bond acceptors (Lipinski definition) is 5. The molecule has 4 aromatic rings. The van der Waals surface area contributed by atoms with Crippen molar-refractivity contribution < 1.29 is 9.59 Å². The van der Waals surface area contributed by atoms with E-state index in [9.17, 15) is 9.59 Å². The summed E-state index contributed by atoms with van der Waals surface area (Å²) in [7, 11) is 1.58. The topological polar surface area (TPSA) is 74.3 Å². The number of para-hydroxylation sites is 1. The summed E-state index contributed by atoms with van der Waals surface area (Å²) in [6.07, 6.45) is 2.75. The lowest BCUT2D eigenvalue weighted by Gasteiger charge is -2.31. The molecule has 3 heterocycles. The Hall–Kier alpha value is -3.71. The number of anilines is 3. The number of thiophene rings is 1. The number of hydrogen-bond donors (Lipinski definition) is 2. The Morgan fingerprint density at radius 1 is 1.09 bits per heavy atom. The van der Waals surface area contributed by atoms with Crippen LogP contribution in [-0.4, -0.2) is 30.4 Å². The molecular formula is C26H22N4O2S. The van der Waals surface area contributed by atoms with Gasteiger partial charge >= 0.3 is 0 Å². The van der Waals surface area contributed by atoms with Gasteiger partial charge in [0.2, 0.25) is 0 Å². The Kier molecular flexibility index (Phi) is 4.66. The second-order valence-corrected chi connectivity index (χ2v) is 9.46. The van der Waals surface area contributed by atoms with Crippen molar-refractivity contribution in [2.24, 2.45) is 5.92 Å². The number of nitrogens with zero attached hydrogens (tertiary/aromatic N) is 2. The number of pyridine rings is 1. The fourth-order valence-electron chi connectivity index (χ4n) is 4.79. The summed E-state index contributed by atoms with van der Waals surface area (Å²) in [6.45, 7) is 0.845. The summed E-state index contributed by atoms with van der Waals surface area (Å²) in [4.78, 5) is 32.5. The zero-order valence-corrected chi connectivity index (χ0v) is 18.9. The Bertz CT molecular complexity index is 1410. The molecule has 2 aromatic carbocycles. The lowest BCUT2D eigenvalue weighted by Crippen LogP contribution is -2.28. The van der Waals surface area contributed by atoms with Gasteiger partial charge in [-0.2, -0.15) is 0 Å². The zero-order valence-electron chi connectivity index (χ0n) is 18.0. The number of carbonyl (C=O) groups is 2. The molecule has 1 saturated carbocycles. The molecule has 2 aromatic heterocycles. The minimum atomic E-state index is -0.244. The highest BCUT2D eigenvalue weighted by molar-refractivity contribution is 7.17. The summed E-state index contributed by atoms with van der Waals surface area (Å²) < 4.78 is 1.06. The SMILES string of the molecule is CNC(=O)c1cnc(N2C[C@H]3C[C@H]3c3ccccc32)c(NC(=O)c2csc3ccccc23)c1. The van der Waals surface area contributed by atoms with Gasteiger partial charge in [0.05, 0.1) is 16.8 Å². The number of nitrogens with one attached hydrogen (secondary N) is 2. The first kappa shape index (κ1) is 19.9. The second kappa shape index (κ2) is 7.71. The van der Waals surface area contributed by atoms with Gasteiger partial charge in [-0.05, 0) is 42.0 Å². The van der Waals surface area contributed by atoms with Crippen molar-refractivity contribution in [3.63, 3.8) is 0 Å². The highest BCUT2D eigenvalue weighted by Crippen LogP contribution is 2.56. The molecule has 0 spiro atoms. The van der Waals surface area contributed by atoms with E-state index in [1.165, 1.54) is 12.0 Å². The normalized spacial score (nSPS) is 18.4. The number of carbonyl (C=O) groups excluding carboxylic acids is 2. The van der Waals surface area contributed by atoms with Crippen molar-refractivity contribution >= 4 is 50.4 Å². The molecule has 2 aliphatic rings. The first-order chi connectivity index (χ1) is 16.1. The number of fused-ring (bicyclic) bond motifs is 4. The van der Waals surface area contributed by atoms with Crippen molar-refractivity contribution in [1.82, 2.24) is 10.3 Å². The van der Waals surface area contributed by atoms with Crippen LogP contribution in [0.3, 0.4) is 0 Å². The molecule has 0 unspecified atom stereocenters. The Labute approximate surface area is 195 Å². The number of rotatable bonds is 4. The van der Waals surface area contributed by atoms with E-state index in [1.807, 2.05) is 35.7 Å². The van der Waals surface area contributed by atoms with Crippen molar-refractivity contribution in [1.29, 1.82) is 0 Å². The fourth-order valence-corrected chi connectivity index (χ4v) is 5.73. The van der Waals surface area contributed by atoms with Crippen LogP contribution in [0.15, 0.2) is 66.2 Å². The molecule has 164 valence electrons. The van der Waals surface area contributed by atoms with Gasteiger partial charge in [-0.25, -0.2) is 4.98 Å². The van der Waals surface area contributed by atoms with Gasteiger partial charge in [-0.15, -0.1) is 11.3 Å². The predicted molar refractivity (Wildman–Crippen MR) is 132 cm³/mol. The van der Waals surface area contributed by atoms with E-state index in [1.54, 1.807) is 30.6 Å². The van der Waals surface area contributed by atoms with E-state index in [2.05, 4.69) is 38.7 Å². The number of aromatic nitrogens is 1. The largest absolute Gasteiger partial charge is 0.355 e. The molecule has 1 fully saturated rings. The van der Waals surface area contributed by atoms with Crippen molar-refractivity contribution in [3.8, 4) is 0 Å². The van der Waals surface area contributed by atoms with E-state index >= 15 is 0 Å². The summed E-state index contributed by atoms with van der Waals surface area (Å²) in [5, 5.41) is 8.50. The van der Waals surface area contributed by atoms with Crippen LogP contribution in [0, 0.1) is 5.92 Å². The molecule has 2 N–H and O–H groups in total.